The molecule has 2 rings (SSSR count). The fourth-order valence-corrected chi connectivity index (χ4v) is 2.83. The molecule has 1 aliphatic carbocycles. The molecule has 1 heterocycles. The van der Waals surface area contributed by atoms with Crippen molar-refractivity contribution in [3.05, 3.63) is 22.3 Å². The molecular weight excluding hydrogens is 240 g/mol. The third-order valence-corrected chi connectivity index (χ3v) is 3.63. The fourth-order valence-electron chi connectivity index (χ4n) is 2.17. The van der Waals surface area contributed by atoms with Gasteiger partial charge in [-0.1, -0.05) is 35.2 Å². The average molecular weight is 255 g/mol. The van der Waals surface area contributed by atoms with E-state index >= 15 is 0 Å². The Balaban J connectivity index is 2.22. The van der Waals surface area contributed by atoms with Crippen LogP contribution in [-0.4, -0.2) is 4.98 Å². The lowest BCUT2D eigenvalue weighted by Crippen LogP contribution is -2.06. The molecule has 3 heteroatoms. The molecule has 1 fully saturated rings. The van der Waals surface area contributed by atoms with E-state index in [4.69, 9.17) is 5.73 Å². The van der Waals surface area contributed by atoms with Gasteiger partial charge in [0.2, 0.25) is 0 Å². The molecule has 0 aliphatic heterocycles. The molecule has 2 nitrogen and oxygen atoms in total. The highest BCUT2D eigenvalue weighted by Gasteiger charge is 2.17. The van der Waals surface area contributed by atoms with Gasteiger partial charge >= 0.3 is 0 Å². The third-order valence-electron chi connectivity index (χ3n) is 2.95. The smallest absolute Gasteiger partial charge is 0.124 e. The summed E-state index contributed by atoms with van der Waals surface area (Å²) in [7, 11) is 0. The van der Waals surface area contributed by atoms with Gasteiger partial charge in [-0.2, -0.15) is 0 Å². The Morgan fingerprint density at radius 2 is 2.00 bits per heavy atom. The van der Waals surface area contributed by atoms with Gasteiger partial charge in [0.05, 0.1) is 0 Å². The van der Waals surface area contributed by atoms with Crippen molar-refractivity contribution in [3.8, 4) is 0 Å². The van der Waals surface area contributed by atoms with Crippen molar-refractivity contribution in [3.63, 3.8) is 0 Å². The fraction of sp³-hybridized carbons (Fsp3) is 0.545. The molecule has 0 unspecified atom stereocenters. The van der Waals surface area contributed by atoms with Crippen LogP contribution in [0.2, 0.25) is 0 Å². The second-order valence-corrected chi connectivity index (χ2v) is 4.82. The summed E-state index contributed by atoms with van der Waals surface area (Å²) in [5.41, 5.74) is 6.95. The number of pyridine rings is 1. The average Bonchev–Trinajstić information content (AvgIpc) is 2.19. The second kappa shape index (κ2) is 4.30. The summed E-state index contributed by atoms with van der Waals surface area (Å²) < 4.78 is 1.12. The summed E-state index contributed by atoms with van der Waals surface area (Å²) in [5.74, 6) is 1.28. The SMILES string of the molecule is Nc1cc(Br)c(C2CCCCC2)cn1. The Hall–Kier alpha value is -0.570. The number of anilines is 1. The van der Waals surface area contributed by atoms with Crippen LogP contribution in [0.25, 0.3) is 0 Å². The summed E-state index contributed by atoms with van der Waals surface area (Å²) in [6.45, 7) is 0. The molecular formula is C11H15BrN2. The minimum absolute atomic E-state index is 0.594. The molecule has 1 aromatic rings. The van der Waals surface area contributed by atoms with Crippen LogP contribution in [0, 0.1) is 0 Å². The van der Waals surface area contributed by atoms with Gasteiger partial charge in [0, 0.05) is 10.7 Å². The first-order chi connectivity index (χ1) is 6.77. The number of nitrogen functional groups attached to an aromatic ring is 1. The summed E-state index contributed by atoms with van der Waals surface area (Å²) >= 11 is 3.56. The summed E-state index contributed by atoms with van der Waals surface area (Å²) in [4.78, 5) is 4.16. The number of hydrogen-bond acceptors (Lipinski definition) is 2. The molecule has 0 saturated heterocycles. The molecule has 76 valence electrons. The van der Waals surface area contributed by atoms with Gasteiger partial charge in [0.1, 0.15) is 5.82 Å². The molecule has 0 spiro atoms. The van der Waals surface area contributed by atoms with Gasteiger partial charge in [0.25, 0.3) is 0 Å². The maximum atomic E-state index is 5.62. The van der Waals surface area contributed by atoms with E-state index < -0.39 is 0 Å². The van der Waals surface area contributed by atoms with Crippen LogP contribution in [0.15, 0.2) is 16.7 Å². The van der Waals surface area contributed by atoms with Gasteiger partial charge in [-0.25, -0.2) is 4.98 Å². The Bertz CT molecular complexity index is 319. The number of halogens is 1. The quantitative estimate of drug-likeness (QED) is 0.834. The van der Waals surface area contributed by atoms with Crippen LogP contribution in [0.3, 0.4) is 0 Å². The topological polar surface area (TPSA) is 38.9 Å². The zero-order chi connectivity index (χ0) is 9.97. The van der Waals surface area contributed by atoms with Crippen LogP contribution >= 0.6 is 15.9 Å². The van der Waals surface area contributed by atoms with Crippen molar-refractivity contribution in [1.82, 2.24) is 4.98 Å². The zero-order valence-corrected chi connectivity index (χ0v) is 9.76. The Morgan fingerprint density at radius 1 is 1.29 bits per heavy atom. The van der Waals surface area contributed by atoms with E-state index in [0.717, 1.165) is 4.47 Å². The van der Waals surface area contributed by atoms with Crippen LogP contribution in [0.5, 0.6) is 0 Å². The van der Waals surface area contributed by atoms with Crippen LogP contribution in [-0.2, 0) is 0 Å². The van der Waals surface area contributed by atoms with E-state index in [1.165, 1.54) is 37.7 Å². The maximum absolute atomic E-state index is 5.62. The predicted molar refractivity (Wildman–Crippen MR) is 62.2 cm³/mol. The molecule has 2 N–H and O–H groups in total. The number of nitrogens with two attached hydrogens (primary N) is 1. The zero-order valence-electron chi connectivity index (χ0n) is 8.17. The van der Waals surface area contributed by atoms with Crippen LogP contribution < -0.4 is 5.73 Å². The number of nitrogens with zero attached hydrogens (tertiary/aromatic N) is 1. The molecule has 1 aliphatic rings. The van der Waals surface area contributed by atoms with E-state index in [-0.39, 0.29) is 0 Å². The molecule has 1 aromatic heterocycles. The summed E-state index contributed by atoms with van der Waals surface area (Å²) in [6.07, 6.45) is 8.60. The molecule has 1 saturated carbocycles. The first kappa shape index (κ1) is 9.97. The van der Waals surface area contributed by atoms with E-state index in [1.807, 2.05) is 12.3 Å². The highest BCUT2D eigenvalue weighted by Crippen LogP contribution is 2.36. The first-order valence-corrected chi connectivity index (χ1v) is 5.97. The van der Waals surface area contributed by atoms with E-state index in [2.05, 4.69) is 20.9 Å². The molecule has 14 heavy (non-hydrogen) atoms. The van der Waals surface area contributed by atoms with Gasteiger partial charge in [0.15, 0.2) is 0 Å². The molecule has 0 bridgehead atoms. The predicted octanol–water partition coefficient (Wildman–Crippen LogP) is 3.47. The second-order valence-electron chi connectivity index (χ2n) is 3.97. The normalized spacial score (nSPS) is 18.4. The lowest BCUT2D eigenvalue weighted by molar-refractivity contribution is 0.442. The van der Waals surface area contributed by atoms with Gasteiger partial charge in [-0.15, -0.1) is 0 Å². The lowest BCUT2D eigenvalue weighted by atomic mass is 9.85. The lowest BCUT2D eigenvalue weighted by Gasteiger charge is -2.22. The molecule has 0 aromatic carbocycles. The summed E-state index contributed by atoms with van der Waals surface area (Å²) in [5, 5.41) is 0. The Labute approximate surface area is 93.0 Å². The van der Waals surface area contributed by atoms with Crippen molar-refractivity contribution >= 4 is 21.7 Å². The van der Waals surface area contributed by atoms with Gasteiger partial charge < -0.3 is 5.73 Å². The van der Waals surface area contributed by atoms with Crippen molar-refractivity contribution in [2.75, 3.05) is 5.73 Å². The minimum atomic E-state index is 0.594. The van der Waals surface area contributed by atoms with E-state index in [1.54, 1.807) is 0 Å². The first-order valence-electron chi connectivity index (χ1n) is 5.18. The van der Waals surface area contributed by atoms with Crippen molar-refractivity contribution in [2.24, 2.45) is 0 Å². The van der Waals surface area contributed by atoms with Crippen LogP contribution in [0.4, 0.5) is 5.82 Å². The number of rotatable bonds is 1. The van der Waals surface area contributed by atoms with E-state index in [9.17, 15) is 0 Å². The van der Waals surface area contributed by atoms with Crippen molar-refractivity contribution < 1.29 is 0 Å². The van der Waals surface area contributed by atoms with Crippen LogP contribution in [0.1, 0.15) is 43.6 Å². The highest BCUT2D eigenvalue weighted by atomic mass is 79.9. The molecule has 0 amide bonds. The Kier molecular flexibility index (Phi) is 3.06. The molecule has 0 atom stereocenters. The number of hydrogen-bond donors (Lipinski definition) is 1. The maximum Gasteiger partial charge on any atom is 0.124 e. The number of aromatic nitrogens is 1. The molecule has 0 radical (unpaired) electrons. The van der Waals surface area contributed by atoms with Crippen molar-refractivity contribution in [1.29, 1.82) is 0 Å². The Morgan fingerprint density at radius 3 is 2.64 bits per heavy atom. The summed E-state index contributed by atoms with van der Waals surface area (Å²) in [6, 6.07) is 1.91. The largest absolute Gasteiger partial charge is 0.384 e. The highest BCUT2D eigenvalue weighted by molar-refractivity contribution is 9.10. The minimum Gasteiger partial charge on any atom is -0.384 e. The van der Waals surface area contributed by atoms with Gasteiger partial charge in [-0.3, -0.25) is 0 Å². The van der Waals surface area contributed by atoms with Crippen molar-refractivity contribution in [2.45, 2.75) is 38.0 Å². The standard InChI is InChI=1S/C11H15BrN2/c12-10-6-11(13)14-7-9(10)8-4-2-1-3-5-8/h6-8H,1-5H2,(H2,13,14). The monoisotopic (exact) mass is 254 g/mol. The third kappa shape index (κ3) is 2.08. The van der Waals surface area contributed by atoms with E-state index in [0.29, 0.717) is 11.7 Å². The van der Waals surface area contributed by atoms with Gasteiger partial charge in [-0.05, 0) is 30.4 Å².